The van der Waals surface area contributed by atoms with Crippen molar-refractivity contribution in [1.82, 2.24) is 4.98 Å². The predicted octanol–water partition coefficient (Wildman–Crippen LogP) is 2.82. The Labute approximate surface area is 89.7 Å². The van der Waals surface area contributed by atoms with Crippen molar-refractivity contribution >= 4 is 39.1 Å². The number of halogens is 1. The number of nitrogen functional groups attached to an aromatic ring is 1. The lowest BCUT2D eigenvalue weighted by Crippen LogP contribution is -1.80. The fourth-order valence-corrected chi connectivity index (χ4v) is 1.43. The summed E-state index contributed by atoms with van der Waals surface area (Å²) < 4.78 is 5.16. The second-order valence-electron chi connectivity index (χ2n) is 2.84. The van der Waals surface area contributed by atoms with Crippen molar-refractivity contribution in [1.29, 1.82) is 0 Å². The molecular formula is C10H9BrN2O. The van der Waals surface area contributed by atoms with E-state index in [4.69, 9.17) is 10.2 Å². The Morgan fingerprint density at radius 3 is 3.14 bits per heavy atom. The predicted molar refractivity (Wildman–Crippen MR) is 61.2 cm³/mol. The van der Waals surface area contributed by atoms with Gasteiger partial charge in [0, 0.05) is 5.33 Å². The molecule has 1 aromatic heterocycles. The van der Waals surface area contributed by atoms with E-state index in [0.717, 1.165) is 22.0 Å². The summed E-state index contributed by atoms with van der Waals surface area (Å²) in [6.45, 7) is 0. The van der Waals surface area contributed by atoms with Gasteiger partial charge in [-0.3, -0.25) is 0 Å². The van der Waals surface area contributed by atoms with Crippen LogP contribution in [0.1, 0.15) is 5.56 Å². The molecule has 0 aliphatic rings. The van der Waals surface area contributed by atoms with E-state index in [1.54, 1.807) is 0 Å². The molecule has 2 rings (SSSR count). The zero-order chi connectivity index (χ0) is 9.97. The van der Waals surface area contributed by atoms with Gasteiger partial charge in [0.25, 0.3) is 6.01 Å². The normalized spacial score (nSPS) is 11.5. The number of hydrogen-bond acceptors (Lipinski definition) is 3. The van der Waals surface area contributed by atoms with Crippen molar-refractivity contribution in [3.63, 3.8) is 0 Å². The number of alkyl halides is 1. The Morgan fingerprint density at radius 1 is 1.50 bits per heavy atom. The number of benzene rings is 1. The minimum atomic E-state index is 0.210. The summed E-state index contributed by atoms with van der Waals surface area (Å²) in [7, 11) is 0. The molecule has 0 saturated heterocycles. The third-order valence-electron chi connectivity index (χ3n) is 1.83. The van der Waals surface area contributed by atoms with Crippen molar-refractivity contribution < 1.29 is 4.42 Å². The molecule has 0 aliphatic heterocycles. The maximum atomic E-state index is 5.44. The van der Waals surface area contributed by atoms with Crippen LogP contribution < -0.4 is 5.73 Å². The van der Waals surface area contributed by atoms with E-state index in [1.165, 1.54) is 0 Å². The fraction of sp³-hybridized carbons (Fsp3) is 0.100. The van der Waals surface area contributed by atoms with Crippen molar-refractivity contribution in [3.8, 4) is 0 Å². The highest BCUT2D eigenvalue weighted by Crippen LogP contribution is 2.18. The molecule has 0 bridgehead atoms. The summed E-state index contributed by atoms with van der Waals surface area (Å²) in [5, 5.41) is 0.839. The standard InChI is InChI=1S/C10H9BrN2O/c11-5-1-2-7-3-4-9-8(6-7)13-10(12)14-9/h1-4,6H,5H2,(H2,12,13). The van der Waals surface area contributed by atoms with Gasteiger partial charge in [-0.2, -0.15) is 4.98 Å². The second-order valence-corrected chi connectivity index (χ2v) is 3.48. The Kier molecular flexibility index (Phi) is 2.54. The average Bonchev–Trinajstić information content (AvgIpc) is 2.54. The van der Waals surface area contributed by atoms with Gasteiger partial charge in [-0.15, -0.1) is 0 Å². The van der Waals surface area contributed by atoms with Crippen molar-refractivity contribution in [2.75, 3.05) is 11.1 Å². The number of allylic oxidation sites excluding steroid dienone is 1. The van der Waals surface area contributed by atoms with E-state index in [0.29, 0.717) is 0 Å². The van der Waals surface area contributed by atoms with E-state index in [2.05, 4.69) is 20.9 Å². The topological polar surface area (TPSA) is 52.0 Å². The van der Waals surface area contributed by atoms with Crippen molar-refractivity contribution in [3.05, 3.63) is 29.8 Å². The fourth-order valence-electron chi connectivity index (χ4n) is 1.25. The Bertz CT molecular complexity index is 476. The summed E-state index contributed by atoms with van der Waals surface area (Å²) in [5.74, 6) is 0. The molecule has 0 saturated carbocycles. The van der Waals surface area contributed by atoms with Gasteiger partial charge in [0.15, 0.2) is 5.58 Å². The molecule has 0 fully saturated rings. The van der Waals surface area contributed by atoms with Gasteiger partial charge < -0.3 is 10.2 Å². The Morgan fingerprint density at radius 2 is 2.36 bits per heavy atom. The van der Waals surface area contributed by atoms with Crippen LogP contribution in [0.15, 0.2) is 28.7 Å². The Hall–Kier alpha value is -1.29. The average molecular weight is 253 g/mol. The monoisotopic (exact) mass is 252 g/mol. The van der Waals surface area contributed by atoms with E-state index >= 15 is 0 Å². The number of nitrogens with zero attached hydrogens (tertiary/aromatic N) is 1. The van der Waals surface area contributed by atoms with Crippen LogP contribution in [0.4, 0.5) is 6.01 Å². The lowest BCUT2D eigenvalue weighted by molar-refractivity contribution is 0.626. The molecule has 0 amide bonds. The summed E-state index contributed by atoms with van der Waals surface area (Å²) in [5.41, 5.74) is 8.04. The maximum absolute atomic E-state index is 5.44. The second kappa shape index (κ2) is 3.84. The van der Waals surface area contributed by atoms with Gasteiger partial charge in [-0.1, -0.05) is 34.1 Å². The van der Waals surface area contributed by atoms with E-state index in [1.807, 2.05) is 30.4 Å². The van der Waals surface area contributed by atoms with Crippen LogP contribution in [0.2, 0.25) is 0 Å². The van der Waals surface area contributed by atoms with Crippen LogP contribution in [0.25, 0.3) is 17.2 Å². The van der Waals surface area contributed by atoms with Crippen LogP contribution >= 0.6 is 15.9 Å². The van der Waals surface area contributed by atoms with Crippen LogP contribution in [0, 0.1) is 0 Å². The number of oxazole rings is 1. The zero-order valence-electron chi connectivity index (χ0n) is 7.40. The summed E-state index contributed by atoms with van der Waals surface area (Å²) in [4.78, 5) is 4.05. The minimum absolute atomic E-state index is 0.210. The minimum Gasteiger partial charge on any atom is -0.424 e. The van der Waals surface area contributed by atoms with Gasteiger partial charge in [0.05, 0.1) is 0 Å². The lowest BCUT2D eigenvalue weighted by Gasteiger charge is -1.90. The van der Waals surface area contributed by atoms with E-state index in [9.17, 15) is 0 Å². The highest BCUT2D eigenvalue weighted by atomic mass is 79.9. The Balaban J connectivity index is 2.45. The number of rotatable bonds is 2. The lowest BCUT2D eigenvalue weighted by atomic mass is 10.2. The molecular weight excluding hydrogens is 244 g/mol. The van der Waals surface area contributed by atoms with Gasteiger partial charge >= 0.3 is 0 Å². The molecule has 1 heterocycles. The molecule has 14 heavy (non-hydrogen) atoms. The molecule has 4 heteroatoms. The van der Waals surface area contributed by atoms with Crippen LogP contribution in [-0.2, 0) is 0 Å². The molecule has 0 unspecified atom stereocenters. The number of fused-ring (bicyclic) bond motifs is 1. The van der Waals surface area contributed by atoms with Gasteiger partial charge in [0.1, 0.15) is 5.52 Å². The molecule has 0 spiro atoms. The highest BCUT2D eigenvalue weighted by Gasteiger charge is 2.01. The van der Waals surface area contributed by atoms with Crippen LogP contribution in [0.5, 0.6) is 0 Å². The van der Waals surface area contributed by atoms with Crippen molar-refractivity contribution in [2.24, 2.45) is 0 Å². The summed E-state index contributed by atoms with van der Waals surface area (Å²) in [6, 6.07) is 5.98. The number of nitrogens with two attached hydrogens (primary N) is 1. The third-order valence-corrected chi connectivity index (χ3v) is 2.20. The van der Waals surface area contributed by atoms with Crippen molar-refractivity contribution in [2.45, 2.75) is 0 Å². The third kappa shape index (κ3) is 1.80. The van der Waals surface area contributed by atoms with Gasteiger partial charge in [0.2, 0.25) is 0 Å². The van der Waals surface area contributed by atoms with E-state index in [-0.39, 0.29) is 6.01 Å². The van der Waals surface area contributed by atoms with E-state index < -0.39 is 0 Å². The largest absolute Gasteiger partial charge is 0.424 e. The first kappa shape index (κ1) is 9.27. The first-order chi connectivity index (χ1) is 6.79. The van der Waals surface area contributed by atoms with Crippen LogP contribution in [0.3, 0.4) is 0 Å². The van der Waals surface area contributed by atoms with Gasteiger partial charge in [-0.05, 0) is 17.7 Å². The molecule has 0 aliphatic carbocycles. The molecule has 1 aromatic carbocycles. The number of aromatic nitrogens is 1. The quantitative estimate of drug-likeness (QED) is 0.837. The van der Waals surface area contributed by atoms with Gasteiger partial charge in [-0.25, -0.2) is 0 Å². The molecule has 2 N–H and O–H groups in total. The number of anilines is 1. The maximum Gasteiger partial charge on any atom is 0.292 e. The highest BCUT2D eigenvalue weighted by molar-refractivity contribution is 9.09. The molecule has 0 atom stereocenters. The molecule has 72 valence electrons. The first-order valence-corrected chi connectivity index (χ1v) is 5.30. The molecule has 3 nitrogen and oxygen atoms in total. The first-order valence-electron chi connectivity index (χ1n) is 4.18. The number of hydrogen-bond donors (Lipinski definition) is 1. The summed E-state index contributed by atoms with van der Waals surface area (Å²) in [6.07, 6.45) is 4.03. The SMILES string of the molecule is Nc1nc2cc(C=CCBr)ccc2o1. The zero-order valence-corrected chi connectivity index (χ0v) is 8.99. The molecule has 0 radical (unpaired) electrons. The summed E-state index contributed by atoms with van der Waals surface area (Å²) >= 11 is 3.32. The smallest absolute Gasteiger partial charge is 0.292 e. The van der Waals surface area contributed by atoms with Crippen LogP contribution in [-0.4, -0.2) is 10.3 Å². The molecule has 2 aromatic rings.